The summed E-state index contributed by atoms with van der Waals surface area (Å²) < 4.78 is 18.7. The Balaban J connectivity index is 2.62. The van der Waals surface area contributed by atoms with Crippen LogP contribution in [-0.4, -0.2) is 26.0 Å². The summed E-state index contributed by atoms with van der Waals surface area (Å²) in [7, 11) is 1.83. The molecule has 0 aromatic heterocycles. The highest BCUT2D eigenvalue weighted by Crippen LogP contribution is 2.17. The van der Waals surface area contributed by atoms with Crippen LogP contribution >= 0.6 is 0 Å². The number of ether oxygens (including phenoxy) is 1. The van der Waals surface area contributed by atoms with Gasteiger partial charge < -0.3 is 14.8 Å². The van der Waals surface area contributed by atoms with Gasteiger partial charge in [-0.3, -0.25) is 0 Å². The van der Waals surface area contributed by atoms with Crippen LogP contribution in [0.3, 0.4) is 0 Å². The summed E-state index contributed by atoms with van der Waals surface area (Å²) in [5.41, 5.74) is 0.791. The highest BCUT2D eigenvalue weighted by Gasteiger charge is 2.03. The number of aryl methyl sites for hydroxylation is 1. The van der Waals surface area contributed by atoms with E-state index in [4.69, 9.17) is 4.74 Å². The molecule has 0 radical (unpaired) electrons. The van der Waals surface area contributed by atoms with E-state index in [2.05, 4.69) is 5.32 Å². The molecule has 0 aliphatic carbocycles. The number of nitrogens with one attached hydrogen (secondary N) is 1. The number of hydrogen-bond donors (Lipinski definition) is 1. The summed E-state index contributed by atoms with van der Waals surface area (Å²) in [5, 5.41) is 2.94. The van der Waals surface area contributed by atoms with Crippen LogP contribution < -0.4 is 10.1 Å². The molecule has 4 heteroatoms. The molecule has 0 atom stereocenters. The van der Waals surface area contributed by atoms with E-state index in [0.29, 0.717) is 31.7 Å². The molecule has 1 N–H and O–H groups in total. The number of benzene rings is 1. The summed E-state index contributed by atoms with van der Waals surface area (Å²) in [4.78, 5) is 10.9. The standard InChI is InChI=1S/C13H18FNO2/c1-10(16)3-4-11-7-12(14)9-13(8-11)17-6-5-15-2/h7-9,15H,3-6H2,1-2H3. The lowest BCUT2D eigenvalue weighted by Gasteiger charge is -2.08. The topological polar surface area (TPSA) is 38.3 Å². The molecule has 94 valence electrons. The fraction of sp³-hybridized carbons (Fsp3) is 0.462. The number of carbonyl (C=O) groups is 1. The van der Waals surface area contributed by atoms with E-state index in [9.17, 15) is 9.18 Å². The molecule has 0 spiro atoms. The number of carbonyl (C=O) groups excluding carboxylic acids is 1. The summed E-state index contributed by atoms with van der Waals surface area (Å²) in [6.45, 7) is 2.73. The Kier molecular flexibility index (Phi) is 5.63. The quantitative estimate of drug-likeness (QED) is 0.739. The fourth-order valence-corrected chi connectivity index (χ4v) is 1.44. The third-order valence-electron chi connectivity index (χ3n) is 2.32. The van der Waals surface area contributed by atoms with Crippen LogP contribution in [0.2, 0.25) is 0 Å². The average molecular weight is 239 g/mol. The molecule has 1 rings (SSSR count). The van der Waals surface area contributed by atoms with Crippen LogP contribution in [0.1, 0.15) is 18.9 Å². The smallest absolute Gasteiger partial charge is 0.130 e. The molecule has 0 saturated carbocycles. The third kappa shape index (κ3) is 5.45. The SMILES string of the molecule is CNCCOc1cc(F)cc(CCC(C)=O)c1. The van der Waals surface area contributed by atoms with Gasteiger partial charge in [-0.25, -0.2) is 4.39 Å². The minimum Gasteiger partial charge on any atom is -0.492 e. The van der Waals surface area contributed by atoms with Gasteiger partial charge >= 0.3 is 0 Å². The van der Waals surface area contributed by atoms with Gasteiger partial charge in [0.15, 0.2) is 0 Å². The number of ketones is 1. The molecule has 0 heterocycles. The van der Waals surface area contributed by atoms with Crippen molar-refractivity contribution >= 4 is 5.78 Å². The number of likely N-dealkylation sites (N-methyl/N-ethyl adjacent to an activating group) is 1. The molecule has 0 saturated heterocycles. The van der Waals surface area contributed by atoms with Gasteiger partial charge in [0.25, 0.3) is 0 Å². The van der Waals surface area contributed by atoms with Crippen molar-refractivity contribution in [1.82, 2.24) is 5.32 Å². The van der Waals surface area contributed by atoms with Crippen LogP contribution in [0, 0.1) is 5.82 Å². The minimum atomic E-state index is -0.328. The number of halogens is 1. The van der Waals surface area contributed by atoms with E-state index in [0.717, 1.165) is 5.56 Å². The zero-order valence-electron chi connectivity index (χ0n) is 10.3. The molecule has 0 amide bonds. The molecule has 1 aromatic rings. The zero-order chi connectivity index (χ0) is 12.7. The Morgan fingerprint density at radius 2 is 2.18 bits per heavy atom. The van der Waals surface area contributed by atoms with E-state index in [1.54, 1.807) is 6.07 Å². The van der Waals surface area contributed by atoms with Crippen molar-refractivity contribution in [3.05, 3.63) is 29.6 Å². The first-order valence-corrected chi connectivity index (χ1v) is 5.68. The van der Waals surface area contributed by atoms with Crippen molar-refractivity contribution in [3.8, 4) is 5.75 Å². The molecule has 0 fully saturated rings. The Hall–Kier alpha value is -1.42. The average Bonchev–Trinajstić information content (AvgIpc) is 2.26. The maximum absolute atomic E-state index is 13.3. The molecule has 0 unspecified atom stereocenters. The molecule has 0 aliphatic rings. The van der Waals surface area contributed by atoms with Gasteiger partial charge in [0.2, 0.25) is 0 Å². The number of rotatable bonds is 7. The van der Waals surface area contributed by atoms with Crippen molar-refractivity contribution in [2.75, 3.05) is 20.2 Å². The number of Topliss-reactive ketones (excluding diaryl/α,β-unsaturated/α-hetero) is 1. The van der Waals surface area contributed by atoms with E-state index < -0.39 is 0 Å². The van der Waals surface area contributed by atoms with Crippen molar-refractivity contribution in [2.45, 2.75) is 19.8 Å². The van der Waals surface area contributed by atoms with Crippen molar-refractivity contribution in [1.29, 1.82) is 0 Å². The zero-order valence-corrected chi connectivity index (χ0v) is 10.3. The molecule has 1 aromatic carbocycles. The lowest BCUT2D eigenvalue weighted by molar-refractivity contribution is -0.116. The summed E-state index contributed by atoms with van der Waals surface area (Å²) in [6.07, 6.45) is 0.981. The summed E-state index contributed by atoms with van der Waals surface area (Å²) in [6, 6.07) is 4.57. The van der Waals surface area contributed by atoms with E-state index >= 15 is 0 Å². The predicted molar refractivity (Wildman–Crippen MR) is 64.8 cm³/mol. The Morgan fingerprint density at radius 3 is 2.82 bits per heavy atom. The predicted octanol–water partition coefficient (Wildman–Crippen LogP) is 1.95. The maximum Gasteiger partial charge on any atom is 0.130 e. The van der Waals surface area contributed by atoms with Gasteiger partial charge in [-0.15, -0.1) is 0 Å². The molecule has 17 heavy (non-hydrogen) atoms. The van der Waals surface area contributed by atoms with Crippen LogP contribution in [0.25, 0.3) is 0 Å². The lowest BCUT2D eigenvalue weighted by atomic mass is 10.1. The molecule has 3 nitrogen and oxygen atoms in total. The van der Waals surface area contributed by atoms with Gasteiger partial charge in [-0.05, 0) is 38.1 Å². The second kappa shape index (κ2) is 7.01. The number of hydrogen-bond acceptors (Lipinski definition) is 3. The second-order valence-electron chi connectivity index (χ2n) is 3.95. The second-order valence-corrected chi connectivity index (χ2v) is 3.95. The van der Waals surface area contributed by atoms with Crippen LogP contribution in [-0.2, 0) is 11.2 Å². The Labute approximate surface area is 101 Å². The summed E-state index contributed by atoms with van der Waals surface area (Å²) >= 11 is 0. The monoisotopic (exact) mass is 239 g/mol. The molecular formula is C13H18FNO2. The van der Waals surface area contributed by atoms with E-state index in [1.165, 1.54) is 19.1 Å². The fourth-order valence-electron chi connectivity index (χ4n) is 1.44. The van der Waals surface area contributed by atoms with Gasteiger partial charge in [0.1, 0.15) is 24.0 Å². The van der Waals surface area contributed by atoms with Gasteiger partial charge in [0, 0.05) is 19.0 Å². The lowest BCUT2D eigenvalue weighted by Crippen LogP contribution is -2.16. The normalized spacial score (nSPS) is 10.3. The first-order valence-electron chi connectivity index (χ1n) is 5.68. The van der Waals surface area contributed by atoms with Crippen molar-refractivity contribution < 1.29 is 13.9 Å². The first-order chi connectivity index (χ1) is 8.11. The minimum absolute atomic E-state index is 0.104. The largest absolute Gasteiger partial charge is 0.492 e. The Bertz CT molecular complexity index is 380. The highest BCUT2D eigenvalue weighted by atomic mass is 19.1. The molecule has 0 bridgehead atoms. The van der Waals surface area contributed by atoms with Gasteiger partial charge in [0.05, 0.1) is 0 Å². The molecular weight excluding hydrogens is 221 g/mol. The van der Waals surface area contributed by atoms with Crippen LogP contribution in [0.4, 0.5) is 4.39 Å². The van der Waals surface area contributed by atoms with Crippen molar-refractivity contribution in [2.24, 2.45) is 0 Å². The highest BCUT2D eigenvalue weighted by molar-refractivity contribution is 5.75. The summed E-state index contributed by atoms with van der Waals surface area (Å²) in [5.74, 6) is 0.288. The van der Waals surface area contributed by atoms with Crippen LogP contribution in [0.15, 0.2) is 18.2 Å². The first kappa shape index (κ1) is 13.6. The van der Waals surface area contributed by atoms with E-state index in [-0.39, 0.29) is 11.6 Å². The third-order valence-corrected chi connectivity index (χ3v) is 2.32. The molecule has 0 aliphatic heterocycles. The van der Waals surface area contributed by atoms with E-state index in [1.807, 2.05) is 7.05 Å². The van der Waals surface area contributed by atoms with Crippen LogP contribution in [0.5, 0.6) is 5.75 Å². The maximum atomic E-state index is 13.3. The van der Waals surface area contributed by atoms with Gasteiger partial charge in [-0.2, -0.15) is 0 Å². The van der Waals surface area contributed by atoms with Crippen molar-refractivity contribution in [3.63, 3.8) is 0 Å². The Morgan fingerprint density at radius 1 is 1.41 bits per heavy atom. The van der Waals surface area contributed by atoms with Gasteiger partial charge in [-0.1, -0.05) is 0 Å².